The fraction of sp³-hybridized carbons (Fsp3) is 0.316. The number of nitrogens with zero attached hydrogens (tertiary/aromatic N) is 1. The van der Waals surface area contributed by atoms with Crippen LogP contribution in [0.15, 0.2) is 48.5 Å². The number of anilines is 2. The van der Waals surface area contributed by atoms with Gasteiger partial charge in [-0.05, 0) is 57.2 Å². The number of hydrogen-bond donors (Lipinski definition) is 1. The molecule has 1 atom stereocenters. The minimum Gasteiger partial charge on any atom is -0.491 e. The van der Waals surface area contributed by atoms with E-state index >= 15 is 0 Å². The lowest BCUT2D eigenvalue weighted by Crippen LogP contribution is -2.45. The molecule has 8 heteroatoms. The lowest BCUT2D eigenvalue weighted by Gasteiger charge is -2.28. The number of carbonyl (C=O) groups excluding carboxylic acids is 1. The molecule has 0 radical (unpaired) electrons. The molecule has 2 aromatic carbocycles. The fourth-order valence-corrected chi connectivity index (χ4v) is 3.86. The molecule has 0 unspecified atom stereocenters. The van der Waals surface area contributed by atoms with E-state index in [-0.39, 0.29) is 6.10 Å². The molecule has 0 aliphatic carbocycles. The number of hydrogen-bond acceptors (Lipinski definition) is 4. The molecule has 2 aromatic rings. The molecule has 0 spiro atoms. The van der Waals surface area contributed by atoms with Crippen molar-refractivity contribution in [1.82, 2.24) is 0 Å². The molecule has 146 valence electrons. The van der Waals surface area contributed by atoms with Crippen LogP contribution in [0.4, 0.5) is 11.4 Å². The summed E-state index contributed by atoms with van der Waals surface area (Å²) in [5.74, 6) is 0.158. The van der Waals surface area contributed by atoms with Crippen LogP contribution < -0.4 is 14.4 Å². The van der Waals surface area contributed by atoms with Crippen LogP contribution in [0.25, 0.3) is 0 Å². The molecule has 0 saturated carbocycles. The van der Waals surface area contributed by atoms with E-state index in [0.29, 0.717) is 22.1 Å². The molecule has 2 rings (SSSR count). The first kappa shape index (κ1) is 21.1. The Balaban J connectivity index is 2.24. The van der Waals surface area contributed by atoms with E-state index in [1.54, 1.807) is 48.5 Å². The van der Waals surface area contributed by atoms with Gasteiger partial charge in [0.15, 0.2) is 0 Å². The Labute approximate surface area is 165 Å². The van der Waals surface area contributed by atoms with Crippen molar-refractivity contribution >= 4 is 38.9 Å². The minimum absolute atomic E-state index is 0.000468. The van der Waals surface area contributed by atoms with Crippen LogP contribution >= 0.6 is 11.6 Å². The van der Waals surface area contributed by atoms with Gasteiger partial charge in [0.1, 0.15) is 11.8 Å². The van der Waals surface area contributed by atoms with Crippen molar-refractivity contribution < 1.29 is 17.9 Å². The van der Waals surface area contributed by atoms with Gasteiger partial charge in [0.2, 0.25) is 15.9 Å². The molecule has 0 fully saturated rings. The third-order valence-corrected chi connectivity index (χ3v) is 5.14. The summed E-state index contributed by atoms with van der Waals surface area (Å²) in [6.07, 6.45) is 1.06. The Morgan fingerprint density at radius 3 is 2.30 bits per heavy atom. The number of sulfonamides is 1. The second-order valence-corrected chi connectivity index (χ2v) is 8.69. The van der Waals surface area contributed by atoms with Gasteiger partial charge in [0.25, 0.3) is 0 Å². The van der Waals surface area contributed by atoms with Gasteiger partial charge in [0, 0.05) is 16.8 Å². The number of amides is 1. The van der Waals surface area contributed by atoms with Crippen LogP contribution in [0.5, 0.6) is 5.75 Å². The minimum atomic E-state index is -3.69. The number of halogens is 1. The van der Waals surface area contributed by atoms with Gasteiger partial charge in [-0.15, -0.1) is 0 Å². The topological polar surface area (TPSA) is 75.7 Å². The van der Waals surface area contributed by atoms with Crippen molar-refractivity contribution in [1.29, 1.82) is 0 Å². The smallest absolute Gasteiger partial charge is 0.247 e. The number of carbonyl (C=O) groups is 1. The third-order valence-electron chi connectivity index (χ3n) is 3.64. The second kappa shape index (κ2) is 8.63. The zero-order chi connectivity index (χ0) is 20.2. The summed E-state index contributed by atoms with van der Waals surface area (Å²) < 4.78 is 31.2. The highest BCUT2D eigenvalue weighted by Gasteiger charge is 2.29. The molecule has 0 aliphatic heterocycles. The van der Waals surface area contributed by atoms with Crippen molar-refractivity contribution in [3.63, 3.8) is 0 Å². The van der Waals surface area contributed by atoms with Crippen LogP contribution in [-0.2, 0) is 14.8 Å². The standard InChI is InChI=1S/C19H23ClN2O4S/c1-13(2)26-18-7-5-6-16(12-18)21-19(23)14(3)22(27(4,24)25)17-10-8-15(20)9-11-17/h5-14H,1-4H3,(H,21,23)/t14-/m0/s1. The number of rotatable bonds is 7. The molecular formula is C19H23ClN2O4S. The van der Waals surface area contributed by atoms with E-state index in [9.17, 15) is 13.2 Å². The fourth-order valence-electron chi connectivity index (χ4n) is 2.56. The second-order valence-electron chi connectivity index (χ2n) is 6.39. The highest BCUT2D eigenvalue weighted by atomic mass is 35.5. The van der Waals surface area contributed by atoms with Gasteiger partial charge in [-0.2, -0.15) is 0 Å². The summed E-state index contributed by atoms with van der Waals surface area (Å²) in [6, 6.07) is 12.3. The van der Waals surface area contributed by atoms with E-state index in [0.717, 1.165) is 10.6 Å². The summed E-state index contributed by atoms with van der Waals surface area (Å²) in [4.78, 5) is 12.7. The summed E-state index contributed by atoms with van der Waals surface area (Å²) >= 11 is 5.87. The molecule has 1 N–H and O–H groups in total. The van der Waals surface area contributed by atoms with E-state index in [1.165, 1.54) is 6.92 Å². The van der Waals surface area contributed by atoms with E-state index in [2.05, 4.69) is 5.32 Å². The van der Waals surface area contributed by atoms with Crippen LogP contribution in [0.1, 0.15) is 20.8 Å². The highest BCUT2D eigenvalue weighted by molar-refractivity contribution is 7.92. The SMILES string of the molecule is CC(C)Oc1cccc(NC(=O)[C@H](C)N(c2ccc(Cl)cc2)S(C)(=O)=O)c1. The largest absolute Gasteiger partial charge is 0.491 e. The normalized spacial score (nSPS) is 12.5. The summed E-state index contributed by atoms with van der Waals surface area (Å²) in [5, 5.41) is 3.22. The molecule has 0 saturated heterocycles. The average molecular weight is 411 g/mol. The Morgan fingerprint density at radius 1 is 1.11 bits per heavy atom. The van der Waals surface area contributed by atoms with Crippen LogP contribution in [0.3, 0.4) is 0 Å². The van der Waals surface area contributed by atoms with E-state index < -0.39 is 22.0 Å². The third kappa shape index (κ3) is 5.87. The zero-order valence-corrected chi connectivity index (χ0v) is 17.2. The van der Waals surface area contributed by atoms with E-state index in [4.69, 9.17) is 16.3 Å². The van der Waals surface area contributed by atoms with Crippen LogP contribution in [0, 0.1) is 0 Å². The van der Waals surface area contributed by atoms with Gasteiger partial charge in [-0.1, -0.05) is 17.7 Å². The number of ether oxygens (including phenoxy) is 1. The van der Waals surface area contributed by atoms with Crippen molar-refractivity contribution in [2.75, 3.05) is 15.9 Å². The Morgan fingerprint density at radius 2 is 1.74 bits per heavy atom. The predicted octanol–water partition coefficient (Wildman–Crippen LogP) is 3.92. The number of nitrogens with one attached hydrogen (secondary N) is 1. The monoisotopic (exact) mass is 410 g/mol. The molecule has 0 aliphatic rings. The first-order valence-corrected chi connectivity index (χ1v) is 10.6. The Hall–Kier alpha value is -2.25. The van der Waals surface area contributed by atoms with Crippen molar-refractivity contribution in [3.8, 4) is 5.75 Å². The van der Waals surface area contributed by atoms with Crippen molar-refractivity contribution in [3.05, 3.63) is 53.6 Å². The van der Waals surface area contributed by atoms with Crippen LogP contribution in [-0.4, -0.2) is 32.7 Å². The molecule has 0 heterocycles. The molecule has 27 heavy (non-hydrogen) atoms. The summed E-state index contributed by atoms with van der Waals surface area (Å²) in [6.45, 7) is 5.34. The maximum atomic E-state index is 12.7. The van der Waals surface area contributed by atoms with Crippen molar-refractivity contribution in [2.24, 2.45) is 0 Å². The maximum Gasteiger partial charge on any atom is 0.247 e. The molecule has 6 nitrogen and oxygen atoms in total. The maximum absolute atomic E-state index is 12.7. The van der Waals surface area contributed by atoms with Gasteiger partial charge in [-0.3, -0.25) is 9.10 Å². The number of benzene rings is 2. The van der Waals surface area contributed by atoms with Gasteiger partial charge >= 0.3 is 0 Å². The first-order valence-electron chi connectivity index (χ1n) is 8.40. The quantitative estimate of drug-likeness (QED) is 0.750. The van der Waals surface area contributed by atoms with E-state index in [1.807, 2.05) is 13.8 Å². The molecule has 0 aromatic heterocycles. The lowest BCUT2D eigenvalue weighted by molar-refractivity contribution is -0.116. The predicted molar refractivity (Wildman–Crippen MR) is 109 cm³/mol. The summed E-state index contributed by atoms with van der Waals surface area (Å²) in [7, 11) is -3.69. The molecule has 0 bridgehead atoms. The van der Waals surface area contributed by atoms with Crippen molar-refractivity contribution in [2.45, 2.75) is 32.9 Å². The Kier molecular flexibility index (Phi) is 6.73. The lowest BCUT2D eigenvalue weighted by atomic mass is 10.2. The van der Waals surface area contributed by atoms with Gasteiger partial charge < -0.3 is 10.1 Å². The summed E-state index contributed by atoms with van der Waals surface area (Å²) in [5.41, 5.74) is 0.885. The Bertz CT molecular complexity index is 898. The zero-order valence-electron chi connectivity index (χ0n) is 15.6. The highest BCUT2D eigenvalue weighted by Crippen LogP contribution is 2.24. The van der Waals surface area contributed by atoms with Gasteiger partial charge in [-0.25, -0.2) is 8.42 Å². The first-order chi connectivity index (χ1) is 12.6. The molecule has 1 amide bonds. The van der Waals surface area contributed by atoms with Gasteiger partial charge in [0.05, 0.1) is 18.0 Å². The average Bonchev–Trinajstić information content (AvgIpc) is 2.55. The molecular weight excluding hydrogens is 388 g/mol. The van der Waals surface area contributed by atoms with Crippen LogP contribution in [0.2, 0.25) is 5.02 Å².